The van der Waals surface area contributed by atoms with Crippen LogP contribution in [0.15, 0.2) is 18.2 Å². The molecule has 0 amide bonds. The zero-order valence-electron chi connectivity index (χ0n) is 9.06. The Morgan fingerprint density at radius 2 is 1.93 bits per heavy atom. The van der Waals surface area contributed by atoms with Gasteiger partial charge in [-0.25, -0.2) is 4.39 Å². The van der Waals surface area contributed by atoms with Crippen molar-refractivity contribution in [3.63, 3.8) is 0 Å². The summed E-state index contributed by atoms with van der Waals surface area (Å²) in [6.45, 7) is 6.23. The maximum Gasteiger partial charge on any atom is 0.140 e. The molecule has 0 aliphatic heterocycles. The number of benzene rings is 1. The van der Waals surface area contributed by atoms with E-state index in [0.717, 1.165) is 0 Å². The molecule has 3 heteroatoms. The van der Waals surface area contributed by atoms with Crippen LogP contribution in [-0.2, 0) is 0 Å². The van der Waals surface area contributed by atoms with Gasteiger partial charge in [-0.05, 0) is 12.1 Å². The molecule has 1 aromatic rings. The molecular weight excluding hydrogens is 205 g/mol. The number of hydrogen-bond acceptors (Lipinski definition) is 1. The van der Waals surface area contributed by atoms with Gasteiger partial charge in [-0.3, -0.25) is 0 Å². The van der Waals surface area contributed by atoms with Gasteiger partial charge in [-0.15, -0.1) is 5.54 Å². The lowest BCUT2D eigenvalue weighted by Crippen LogP contribution is -2.16. The Bertz CT molecular complexity index is 469. The summed E-state index contributed by atoms with van der Waals surface area (Å²) in [5.74, 6) is 2.37. The fraction of sp³-hybridized carbons (Fsp3) is 0.250. The van der Waals surface area contributed by atoms with Crippen LogP contribution in [0.25, 0.3) is 0 Å². The third kappa shape index (κ3) is 3.23. The van der Waals surface area contributed by atoms with Crippen LogP contribution < -0.4 is 0 Å². The summed E-state index contributed by atoms with van der Waals surface area (Å²) in [5, 5.41) is 8.80. The highest BCUT2D eigenvalue weighted by Gasteiger charge is 2.09. The Kier molecular flexibility index (Phi) is 3.29. The predicted octanol–water partition coefficient (Wildman–Crippen LogP) is 2.93. The molecule has 0 aromatic heterocycles. The van der Waals surface area contributed by atoms with Gasteiger partial charge in [0, 0.05) is 0 Å². The zero-order chi connectivity index (χ0) is 11.5. The molecule has 0 heterocycles. The van der Waals surface area contributed by atoms with E-state index in [0.29, 0.717) is 5.56 Å². The first-order chi connectivity index (χ1) is 6.94. The topological polar surface area (TPSA) is 23.8 Å². The average Bonchev–Trinajstić information content (AvgIpc) is 2.14. The van der Waals surface area contributed by atoms with Crippen LogP contribution in [0.5, 0.6) is 0 Å². The van der Waals surface area contributed by atoms with E-state index in [1.807, 2.05) is 6.07 Å². The van der Waals surface area contributed by atoms with Crippen LogP contribution in [0.4, 0.5) is 4.39 Å². The second-order valence-electron chi connectivity index (χ2n) is 4.27. The molecule has 15 heavy (non-hydrogen) atoms. The molecule has 0 radical (unpaired) electrons. The molecule has 76 valence electrons. The van der Waals surface area contributed by atoms with E-state index < -0.39 is 13.9 Å². The van der Waals surface area contributed by atoms with E-state index in [-0.39, 0.29) is 5.56 Å². The lowest BCUT2D eigenvalue weighted by Gasteiger charge is -2.04. The molecule has 0 unspecified atom stereocenters. The smallest absolute Gasteiger partial charge is 0.140 e. The van der Waals surface area contributed by atoms with Crippen LogP contribution >= 0.6 is 0 Å². The van der Waals surface area contributed by atoms with Gasteiger partial charge in [0.25, 0.3) is 0 Å². The molecule has 0 saturated carbocycles. The first-order valence-electron chi connectivity index (χ1n) is 4.66. The lowest BCUT2D eigenvalue weighted by atomic mass is 10.1. The quantitative estimate of drug-likeness (QED) is 0.484. The van der Waals surface area contributed by atoms with Crippen molar-refractivity contribution in [3.05, 3.63) is 35.1 Å². The van der Waals surface area contributed by atoms with E-state index in [1.54, 1.807) is 6.07 Å². The van der Waals surface area contributed by atoms with Crippen molar-refractivity contribution in [1.82, 2.24) is 0 Å². The van der Waals surface area contributed by atoms with Crippen LogP contribution in [0, 0.1) is 28.6 Å². The summed E-state index contributed by atoms with van der Waals surface area (Å²) in [5.41, 5.74) is 3.58. The van der Waals surface area contributed by atoms with Gasteiger partial charge in [-0.1, -0.05) is 31.6 Å². The Labute approximate surface area is 90.6 Å². The summed E-state index contributed by atoms with van der Waals surface area (Å²) in [6.07, 6.45) is 0. The molecule has 0 fully saturated rings. The molecule has 1 aromatic carbocycles. The summed E-state index contributed by atoms with van der Waals surface area (Å²) >= 11 is 0. The number of nitrogens with zero attached hydrogens (tertiary/aromatic N) is 1. The van der Waals surface area contributed by atoms with E-state index in [4.69, 9.17) is 5.26 Å². The second kappa shape index (κ2) is 4.29. The summed E-state index contributed by atoms with van der Waals surface area (Å²) < 4.78 is 13.4. The van der Waals surface area contributed by atoms with Crippen LogP contribution in [-0.4, -0.2) is 8.07 Å². The van der Waals surface area contributed by atoms with Crippen molar-refractivity contribution in [2.45, 2.75) is 19.6 Å². The van der Waals surface area contributed by atoms with Crippen molar-refractivity contribution in [3.8, 4) is 17.5 Å². The van der Waals surface area contributed by atoms with E-state index in [9.17, 15) is 4.39 Å². The third-order valence-corrected chi connectivity index (χ3v) is 2.57. The molecule has 0 atom stereocenters. The molecule has 1 nitrogen and oxygen atoms in total. The highest BCUT2D eigenvalue weighted by Crippen LogP contribution is 2.11. The Morgan fingerprint density at radius 1 is 1.27 bits per heavy atom. The number of halogens is 1. The maximum atomic E-state index is 13.4. The van der Waals surface area contributed by atoms with Gasteiger partial charge < -0.3 is 0 Å². The minimum Gasteiger partial charge on any atom is -0.206 e. The monoisotopic (exact) mass is 217 g/mol. The molecule has 0 aliphatic rings. The number of nitriles is 1. The maximum absolute atomic E-state index is 13.4. The molecular formula is C12H12FNSi. The second-order valence-corrected chi connectivity index (χ2v) is 9.02. The molecule has 0 spiro atoms. The normalized spacial score (nSPS) is 10.1. The van der Waals surface area contributed by atoms with Crippen molar-refractivity contribution in [2.24, 2.45) is 0 Å². The third-order valence-electron chi connectivity index (χ3n) is 1.70. The minimum absolute atomic E-state index is 0.224. The highest BCUT2D eigenvalue weighted by atomic mass is 28.3. The SMILES string of the molecule is C[Si](C)(C)C#Cc1c(F)cccc1C#N. The summed E-state index contributed by atoms with van der Waals surface area (Å²) in [7, 11) is -1.54. The van der Waals surface area contributed by atoms with Gasteiger partial charge in [0.1, 0.15) is 20.0 Å². The average molecular weight is 217 g/mol. The molecule has 1 rings (SSSR count). The van der Waals surface area contributed by atoms with E-state index in [1.165, 1.54) is 12.1 Å². The van der Waals surface area contributed by atoms with Gasteiger partial charge in [0.05, 0.1) is 11.1 Å². The Balaban J connectivity index is 3.25. The van der Waals surface area contributed by atoms with Gasteiger partial charge in [-0.2, -0.15) is 5.26 Å². The number of hydrogen-bond donors (Lipinski definition) is 0. The van der Waals surface area contributed by atoms with Crippen LogP contribution in [0.2, 0.25) is 19.6 Å². The zero-order valence-corrected chi connectivity index (χ0v) is 10.1. The molecule has 0 saturated heterocycles. The summed E-state index contributed by atoms with van der Waals surface area (Å²) in [4.78, 5) is 0. The van der Waals surface area contributed by atoms with Gasteiger partial charge >= 0.3 is 0 Å². The van der Waals surface area contributed by atoms with E-state index in [2.05, 4.69) is 31.1 Å². The Hall–Kier alpha value is -1.58. The summed E-state index contributed by atoms with van der Waals surface area (Å²) in [6, 6.07) is 6.38. The molecule has 0 aliphatic carbocycles. The van der Waals surface area contributed by atoms with Crippen molar-refractivity contribution in [2.75, 3.05) is 0 Å². The number of rotatable bonds is 0. The Morgan fingerprint density at radius 3 is 2.47 bits per heavy atom. The van der Waals surface area contributed by atoms with Crippen molar-refractivity contribution >= 4 is 8.07 Å². The van der Waals surface area contributed by atoms with Crippen LogP contribution in [0.3, 0.4) is 0 Å². The fourth-order valence-corrected chi connectivity index (χ4v) is 1.49. The molecule has 0 N–H and O–H groups in total. The molecule has 0 bridgehead atoms. The van der Waals surface area contributed by atoms with Crippen molar-refractivity contribution in [1.29, 1.82) is 5.26 Å². The lowest BCUT2D eigenvalue weighted by molar-refractivity contribution is 0.624. The minimum atomic E-state index is -1.54. The predicted molar refractivity (Wildman–Crippen MR) is 61.3 cm³/mol. The van der Waals surface area contributed by atoms with Gasteiger partial charge in [0.2, 0.25) is 0 Å². The standard InChI is InChI=1S/C12H12FNSi/c1-15(2,3)8-7-11-10(9-14)5-4-6-12(11)13/h4-6H,1-3H3. The van der Waals surface area contributed by atoms with E-state index >= 15 is 0 Å². The van der Waals surface area contributed by atoms with Crippen LogP contribution in [0.1, 0.15) is 11.1 Å². The first-order valence-corrected chi connectivity index (χ1v) is 8.16. The largest absolute Gasteiger partial charge is 0.206 e. The first kappa shape index (κ1) is 11.5. The fourth-order valence-electron chi connectivity index (χ4n) is 0.994. The van der Waals surface area contributed by atoms with Crippen molar-refractivity contribution < 1.29 is 4.39 Å². The highest BCUT2D eigenvalue weighted by molar-refractivity contribution is 6.83. The van der Waals surface area contributed by atoms with Gasteiger partial charge in [0.15, 0.2) is 0 Å².